The number of ether oxygens (including phenoxy) is 3. The van der Waals surface area contributed by atoms with Crippen LogP contribution in [0.5, 0.6) is 0 Å². The molecule has 1 unspecified atom stereocenters. The van der Waals surface area contributed by atoms with Crippen molar-refractivity contribution in [2.75, 3.05) is 13.2 Å². The predicted octanol–water partition coefficient (Wildman–Crippen LogP) is 23.3. The van der Waals surface area contributed by atoms with Crippen molar-refractivity contribution >= 4 is 17.9 Å². The number of hydrogen-bond donors (Lipinski definition) is 0. The molecule has 0 aliphatic heterocycles. The van der Waals surface area contributed by atoms with Gasteiger partial charge in [0.1, 0.15) is 13.2 Å². The predicted molar refractivity (Wildman–Crippen MR) is 335 cm³/mol. The number of carbonyl (C=O) groups excluding carboxylic acids is 3. The largest absolute Gasteiger partial charge is 0.462 e. The summed E-state index contributed by atoms with van der Waals surface area (Å²) in [5, 5.41) is 0. The number of hydrogen-bond acceptors (Lipinski definition) is 6. The molecule has 77 heavy (non-hydrogen) atoms. The Kier molecular flexibility index (Phi) is 63.6. The highest BCUT2D eigenvalue weighted by atomic mass is 16.6. The van der Waals surface area contributed by atoms with Crippen LogP contribution >= 0.6 is 0 Å². The summed E-state index contributed by atoms with van der Waals surface area (Å²) < 4.78 is 17.0. The molecule has 450 valence electrons. The molecule has 0 rings (SSSR count). The van der Waals surface area contributed by atoms with Crippen LogP contribution < -0.4 is 0 Å². The molecule has 6 heteroatoms. The lowest BCUT2D eigenvalue weighted by molar-refractivity contribution is -0.167. The molecule has 0 saturated heterocycles. The van der Waals surface area contributed by atoms with Crippen molar-refractivity contribution in [2.24, 2.45) is 0 Å². The minimum atomic E-state index is -0.779. The van der Waals surface area contributed by atoms with Crippen LogP contribution in [0.15, 0.2) is 48.6 Å². The molecular formula is C71H130O6. The highest BCUT2D eigenvalue weighted by molar-refractivity contribution is 5.71. The van der Waals surface area contributed by atoms with Gasteiger partial charge in [-0.15, -0.1) is 0 Å². The van der Waals surface area contributed by atoms with Gasteiger partial charge in [0.15, 0.2) is 6.10 Å². The first kappa shape index (κ1) is 74.4. The van der Waals surface area contributed by atoms with Crippen LogP contribution in [-0.4, -0.2) is 37.2 Å². The molecule has 0 aliphatic rings. The van der Waals surface area contributed by atoms with Crippen LogP contribution in [0, 0.1) is 0 Å². The number of unbranched alkanes of at least 4 members (excludes halogenated alkanes) is 44. The molecule has 0 fully saturated rings. The minimum Gasteiger partial charge on any atom is -0.462 e. The monoisotopic (exact) mass is 1080 g/mol. The maximum atomic E-state index is 12.9. The van der Waals surface area contributed by atoms with Gasteiger partial charge in [0, 0.05) is 19.3 Å². The van der Waals surface area contributed by atoms with E-state index in [0.29, 0.717) is 19.3 Å². The van der Waals surface area contributed by atoms with E-state index in [-0.39, 0.29) is 31.1 Å². The van der Waals surface area contributed by atoms with E-state index in [2.05, 4.69) is 69.4 Å². The molecule has 0 aromatic rings. The van der Waals surface area contributed by atoms with E-state index < -0.39 is 6.10 Å². The smallest absolute Gasteiger partial charge is 0.306 e. The summed E-state index contributed by atoms with van der Waals surface area (Å²) in [6.07, 6.45) is 82.7. The van der Waals surface area contributed by atoms with Crippen LogP contribution in [-0.2, 0) is 28.6 Å². The van der Waals surface area contributed by atoms with Gasteiger partial charge in [0.25, 0.3) is 0 Å². The van der Waals surface area contributed by atoms with Crippen molar-refractivity contribution in [3.63, 3.8) is 0 Å². The maximum Gasteiger partial charge on any atom is 0.306 e. The molecule has 0 aromatic heterocycles. The standard InChI is InChI=1S/C71H130O6/c1-4-7-10-13-16-19-22-25-28-31-33-34-35-36-37-38-41-43-46-49-52-55-58-61-64-70(73)76-67-68(66-75-69(72)63-60-57-54-51-48-45-42-39-30-27-24-21-18-15-12-9-6-3)77-71(74)65-62-59-56-53-50-47-44-40-32-29-26-23-20-17-14-11-8-5-2/h9,12,18,21,27,29-30,32,68H,4-8,10-11,13-17,19-20,22-26,28,31,33-67H2,1-3H3/b12-9-,21-18-,30-27-,32-29-. The Hall–Kier alpha value is -2.63. The Bertz CT molecular complexity index is 1330. The molecule has 6 nitrogen and oxygen atoms in total. The molecule has 0 N–H and O–H groups in total. The third-order valence-corrected chi connectivity index (χ3v) is 15.3. The quantitative estimate of drug-likeness (QED) is 0.0261. The fourth-order valence-electron chi connectivity index (χ4n) is 10.2. The number of carbonyl (C=O) groups is 3. The summed E-state index contributed by atoms with van der Waals surface area (Å²) in [5.74, 6) is -0.864. The second-order valence-electron chi connectivity index (χ2n) is 23.1. The molecule has 0 heterocycles. The summed E-state index contributed by atoms with van der Waals surface area (Å²) in [7, 11) is 0. The molecule has 1 atom stereocenters. The van der Waals surface area contributed by atoms with E-state index in [0.717, 1.165) is 83.5 Å². The van der Waals surface area contributed by atoms with E-state index in [4.69, 9.17) is 14.2 Å². The molecule has 0 amide bonds. The average molecular weight is 1080 g/mol. The van der Waals surface area contributed by atoms with Gasteiger partial charge in [0.05, 0.1) is 0 Å². The third-order valence-electron chi connectivity index (χ3n) is 15.3. The fourth-order valence-corrected chi connectivity index (χ4v) is 10.2. The maximum absolute atomic E-state index is 12.9. The van der Waals surface area contributed by atoms with E-state index in [9.17, 15) is 14.4 Å². The highest BCUT2D eigenvalue weighted by Gasteiger charge is 2.19. The number of esters is 3. The van der Waals surface area contributed by atoms with Crippen molar-refractivity contribution < 1.29 is 28.6 Å². The van der Waals surface area contributed by atoms with E-state index >= 15 is 0 Å². The van der Waals surface area contributed by atoms with Gasteiger partial charge in [-0.3, -0.25) is 14.4 Å². The van der Waals surface area contributed by atoms with Crippen LogP contribution in [0.3, 0.4) is 0 Å². The third kappa shape index (κ3) is 64.1. The van der Waals surface area contributed by atoms with Gasteiger partial charge < -0.3 is 14.2 Å². The number of allylic oxidation sites excluding steroid dienone is 8. The Morgan fingerprint density at radius 2 is 0.506 bits per heavy atom. The van der Waals surface area contributed by atoms with Gasteiger partial charge in [-0.2, -0.15) is 0 Å². The molecule has 0 saturated carbocycles. The fraction of sp³-hybridized carbons (Fsp3) is 0.845. The van der Waals surface area contributed by atoms with Crippen molar-refractivity contribution in [2.45, 2.75) is 374 Å². The first-order chi connectivity index (χ1) is 38.0. The Labute approximate surface area is 479 Å². The Balaban J connectivity index is 4.30. The Morgan fingerprint density at radius 3 is 0.805 bits per heavy atom. The second-order valence-corrected chi connectivity index (χ2v) is 23.1. The zero-order valence-electron chi connectivity index (χ0n) is 51.7. The highest BCUT2D eigenvalue weighted by Crippen LogP contribution is 2.18. The molecular weight excluding hydrogens is 949 g/mol. The average Bonchev–Trinajstić information content (AvgIpc) is 3.43. The molecule has 0 aromatic carbocycles. The van der Waals surface area contributed by atoms with Crippen LogP contribution in [0.4, 0.5) is 0 Å². The lowest BCUT2D eigenvalue weighted by Crippen LogP contribution is -2.30. The zero-order chi connectivity index (χ0) is 55.7. The SMILES string of the molecule is CC/C=C\C/C=C\C/C=C\CCCCCCCCCC(=O)OCC(COC(=O)CCCCCCCCCCCCCCCCCCCCCCCCCC)OC(=O)CCCCCCCCC/C=C\CCCCCCCCC. The summed E-state index contributed by atoms with van der Waals surface area (Å²) in [6.45, 7) is 6.58. The molecule has 0 spiro atoms. The van der Waals surface area contributed by atoms with Gasteiger partial charge in [-0.25, -0.2) is 0 Å². The summed E-state index contributed by atoms with van der Waals surface area (Å²) in [5.41, 5.74) is 0. The van der Waals surface area contributed by atoms with Crippen LogP contribution in [0.25, 0.3) is 0 Å². The van der Waals surface area contributed by atoms with Crippen LogP contribution in [0.1, 0.15) is 367 Å². The molecule has 0 aliphatic carbocycles. The minimum absolute atomic E-state index is 0.0741. The van der Waals surface area contributed by atoms with Crippen molar-refractivity contribution in [1.82, 2.24) is 0 Å². The van der Waals surface area contributed by atoms with Gasteiger partial charge in [0.2, 0.25) is 0 Å². The van der Waals surface area contributed by atoms with Crippen molar-refractivity contribution in [3.8, 4) is 0 Å². The second kappa shape index (κ2) is 65.9. The van der Waals surface area contributed by atoms with Crippen molar-refractivity contribution in [3.05, 3.63) is 48.6 Å². The number of rotatable bonds is 63. The zero-order valence-corrected chi connectivity index (χ0v) is 51.7. The van der Waals surface area contributed by atoms with Crippen LogP contribution in [0.2, 0.25) is 0 Å². The Morgan fingerprint density at radius 1 is 0.273 bits per heavy atom. The van der Waals surface area contributed by atoms with Gasteiger partial charge >= 0.3 is 17.9 Å². The lowest BCUT2D eigenvalue weighted by Gasteiger charge is -2.18. The van der Waals surface area contributed by atoms with E-state index in [1.54, 1.807) is 0 Å². The van der Waals surface area contributed by atoms with E-state index in [1.165, 1.54) is 244 Å². The lowest BCUT2D eigenvalue weighted by atomic mass is 10.0. The van der Waals surface area contributed by atoms with E-state index in [1.807, 2.05) is 0 Å². The van der Waals surface area contributed by atoms with Gasteiger partial charge in [-0.1, -0.05) is 320 Å². The topological polar surface area (TPSA) is 78.9 Å². The normalized spacial score (nSPS) is 12.3. The van der Waals surface area contributed by atoms with Crippen molar-refractivity contribution in [1.29, 1.82) is 0 Å². The molecule has 0 bridgehead atoms. The summed E-state index contributed by atoms with van der Waals surface area (Å²) in [6, 6.07) is 0. The summed E-state index contributed by atoms with van der Waals surface area (Å²) >= 11 is 0. The van der Waals surface area contributed by atoms with Gasteiger partial charge in [-0.05, 0) is 77.0 Å². The first-order valence-electron chi connectivity index (χ1n) is 34.1. The summed E-state index contributed by atoms with van der Waals surface area (Å²) in [4.78, 5) is 38.4. The molecule has 0 radical (unpaired) electrons. The first-order valence-corrected chi connectivity index (χ1v) is 34.1.